The van der Waals surface area contributed by atoms with Gasteiger partial charge in [-0.05, 0) is 13.0 Å². The molecule has 82 valence electrons. The van der Waals surface area contributed by atoms with Gasteiger partial charge in [0, 0.05) is 31.5 Å². The summed E-state index contributed by atoms with van der Waals surface area (Å²) in [5.41, 5.74) is 6.30. The highest BCUT2D eigenvalue weighted by atomic mass is 16.1. The quantitative estimate of drug-likeness (QED) is 0.743. The van der Waals surface area contributed by atoms with Gasteiger partial charge in [-0.1, -0.05) is 0 Å². The van der Waals surface area contributed by atoms with E-state index in [1.165, 1.54) is 0 Å². The number of carbonyl (C=O) groups excluding carboxylic acids is 1. The minimum absolute atomic E-state index is 0.0407. The lowest BCUT2D eigenvalue weighted by Gasteiger charge is -2.20. The van der Waals surface area contributed by atoms with Gasteiger partial charge in [-0.2, -0.15) is 0 Å². The molecule has 1 heterocycles. The molecule has 5 heteroatoms. The Labute approximate surface area is 89.3 Å². The molecule has 0 aliphatic heterocycles. The van der Waals surface area contributed by atoms with Crippen LogP contribution in [0.5, 0.6) is 0 Å². The van der Waals surface area contributed by atoms with E-state index >= 15 is 0 Å². The number of likely N-dealkylation sites (N-methyl/N-ethyl adjacent to an activating group) is 2. The van der Waals surface area contributed by atoms with E-state index in [9.17, 15) is 4.79 Å². The van der Waals surface area contributed by atoms with E-state index in [1.54, 1.807) is 25.4 Å². The number of nitrogens with zero attached hydrogens (tertiary/aromatic N) is 2. The molecule has 15 heavy (non-hydrogen) atoms. The van der Waals surface area contributed by atoms with Gasteiger partial charge in [-0.3, -0.25) is 4.79 Å². The van der Waals surface area contributed by atoms with Crippen molar-refractivity contribution in [3.8, 4) is 0 Å². The van der Waals surface area contributed by atoms with Crippen molar-refractivity contribution in [2.75, 3.05) is 30.8 Å². The van der Waals surface area contributed by atoms with Gasteiger partial charge >= 0.3 is 0 Å². The van der Waals surface area contributed by atoms with Gasteiger partial charge in [0.25, 0.3) is 0 Å². The molecule has 0 unspecified atom stereocenters. The summed E-state index contributed by atoms with van der Waals surface area (Å²) in [5.74, 6) is 0.683. The molecule has 1 rings (SSSR count). The number of amides is 1. The highest BCUT2D eigenvalue weighted by Crippen LogP contribution is 2.12. The molecule has 1 aromatic rings. The molecular weight excluding hydrogens is 192 g/mol. The largest absolute Gasteiger partial charge is 0.399 e. The maximum absolute atomic E-state index is 11.2. The van der Waals surface area contributed by atoms with Crippen molar-refractivity contribution in [1.82, 2.24) is 10.3 Å². The van der Waals surface area contributed by atoms with Gasteiger partial charge in [-0.15, -0.1) is 0 Å². The van der Waals surface area contributed by atoms with E-state index < -0.39 is 0 Å². The Morgan fingerprint density at radius 2 is 2.40 bits per heavy atom. The minimum atomic E-state index is -0.0407. The Morgan fingerprint density at radius 3 is 2.93 bits per heavy atom. The summed E-state index contributed by atoms with van der Waals surface area (Å²) in [7, 11) is 1.61. The molecule has 0 saturated carbocycles. The van der Waals surface area contributed by atoms with Crippen LogP contribution >= 0.6 is 0 Å². The van der Waals surface area contributed by atoms with Gasteiger partial charge in [0.2, 0.25) is 5.91 Å². The van der Waals surface area contributed by atoms with Gasteiger partial charge in [0.05, 0.1) is 6.54 Å². The number of pyridine rings is 1. The number of nitrogens with one attached hydrogen (secondary N) is 1. The van der Waals surface area contributed by atoms with Gasteiger partial charge in [-0.25, -0.2) is 4.98 Å². The molecule has 0 fully saturated rings. The molecule has 0 bridgehead atoms. The molecule has 1 amide bonds. The van der Waals surface area contributed by atoms with Crippen molar-refractivity contribution < 1.29 is 4.79 Å². The number of aromatic nitrogens is 1. The van der Waals surface area contributed by atoms with Crippen molar-refractivity contribution in [2.24, 2.45) is 0 Å². The Bertz CT molecular complexity index is 340. The van der Waals surface area contributed by atoms with Crippen LogP contribution in [0.1, 0.15) is 6.92 Å². The predicted molar refractivity (Wildman–Crippen MR) is 60.6 cm³/mol. The van der Waals surface area contributed by atoms with E-state index in [4.69, 9.17) is 5.73 Å². The number of rotatable bonds is 4. The standard InChI is InChI=1S/C10H16N4O/c1-3-14(7-10(15)12-2)9-6-8(11)4-5-13-9/h4-6H,3,7H2,1-2H3,(H2,11,13)(H,12,15). The summed E-state index contributed by atoms with van der Waals surface area (Å²) in [6, 6.07) is 3.48. The molecule has 0 aromatic carbocycles. The Kier molecular flexibility index (Phi) is 3.91. The molecule has 0 saturated heterocycles. The number of nitrogens with two attached hydrogens (primary N) is 1. The second kappa shape index (κ2) is 5.19. The first-order valence-electron chi connectivity index (χ1n) is 4.84. The second-order valence-electron chi connectivity index (χ2n) is 3.13. The molecular formula is C10H16N4O. The highest BCUT2D eigenvalue weighted by Gasteiger charge is 2.09. The van der Waals surface area contributed by atoms with Crippen LogP contribution in [0.2, 0.25) is 0 Å². The molecule has 0 atom stereocenters. The summed E-state index contributed by atoms with van der Waals surface area (Å²) in [6.07, 6.45) is 1.64. The van der Waals surface area contributed by atoms with Crippen molar-refractivity contribution in [3.05, 3.63) is 18.3 Å². The highest BCUT2D eigenvalue weighted by molar-refractivity contribution is 5.80. The van der Waals surface area contributed by atoms with Crippen molar-refractivity contribution in [3.63, 3.8) is 0 Å². The zero-order valence-corrected chi connectivity index (χ0v) is 9.03. The molecule has 0 radical (unpaired) electrons. The molecule has 0 aliphatic carbocycles. The second-order valence-corrected chi connectivity index (χ2v) is 3.13. The zero-order valence-electron chi connectivity index (χ0n) is 9.03. The van der Waals surface area contributed by atoms with Crippen LogP contribution in [0, 0.1) is 0 Å². The van der Waals surface area contributed by atoms with E-state index in [0.29, 0.717) is 18.8 Å². The average Bonchev–Trinajstić information content (AvgIpc) is 2.25. The first kappa shape index (κ1) is 11.3. The lowest BCUT2D eigenvalue weighted by molar-refractivity contribution is -0.119. The summed E-state index contributed by atoms with van der Waals surface area (Å²) >= 11 is 0. The Hall–Kier alpha value is -1.78. The smallest absolute Gasteiger partial charge is 0.239 e. The predicted octanol–water partition coefficient (Wildman–Crippen LogP) is 0.236. The van der Waals surface area contributed by atoms with E-state index in [0.717, 1.165) is 5.82 Å². The van der Waals surface area contributed by atoms with Crippen LogP contribution in [0.3, 0.4) is 0 Å². The van der Waals surface area contributed by atoms with E-state index in [-0.39, 0.29) is 5.91 Å². The fourth-order valence-corrected chi connectivity index (χ4v) is 1.21. The first-order chi connectivity index (χ1) is 7.17. The van der Waals surface area contributed by atoms with E-state index in [2.05, 4.69) is 10.3 Å². The lowest BCUT2D eigenvalue weighted by atomic mass is 10.3. The van der Waals surface area contributed by atoms with Gasteiger partial charge < -0.3 is 16.0 Å². The third-order valence-corrected chi connectivity index (χ3v) is 2.09. The SMILES string of the molecule is CCN(CC(=O)NC)c1cc(N)ccn1. The molecule has 0 aliphatic rings. The first-order valence-corrected chi connectivity index (χ1v) is 4.84. The normalized spacial score (nSPS) is 9.73. The zero-order chi connectivity index (χ0) is 11.3. The molecule has 5 nitrogen and oxygen atoms in total. The minimum Gasteiger partial charge on any atom is -0.399 e. The summed E-state index contributed by atoms with van der Waals surface area (Å²) < 4.78 is 0. The van der Waals surface area contributed by atoms with Crippen molar-refractivity contribution >= 4 is 17.4 Å². The molecule has 1 aromatic heterocycles. The fraction of sp³-hybridized carbons (Fsp3) is 0.400. The van der Waals surface area contributed by atoms with Gasteiger partial charge in [0.1, 0.15) is 5.82 Å². The Balaban J connectivity index is 2.78. The third kappa shape index (κ3) is 3.12. The maximum atomic E-state index is 11.2. The number of hydrogen-bond acceptors (Lipinski definition) is 4. The monoisotopic (exact) mass is 208 g/mol. The summed E-state index contributed by atoms with van der Waals surface area (Å²) in [5, 5.41) is 2.57. The Morgan fingerprint density at radius 1 is 1.67 bits per heavy atom. The average molecular weight is 208 g/mol. The van der Waals surface area contributed by atoms with Crippen LogP contribution in [0.4, 0.5) is 11.5 Å². The number of anilines is 2. The van der Waals surface area contributed by atoms with Crippen LogP contribution < -0.4 is 16.0 Å². The van der Waals surface area contributed by atoms with Crippen molar-refractivity contribution in [2.45, 2.75) is 6.92 Å². The van der Waals surface area contributed by atoms with E-state index in [1.807, 2.05) is 11.8 Å². The lowest BCUT2D eigenvalue weighted by Crippen LogP contribution is -2.35. The summed E-state index contributed by atoms with van der Waals surface area (Å²) in [4.78, 5) is 17.2. The van der Waals surface area contributed by atoms with Crippen molar-refractivity contribution in [1.29, 1.82) is 0 Å². The molecule has 0 spiro atoms. The van der Waals surface area contributed by atoms with Crippen LogP contribution in [-0.2, 0) is 4.79 Å². The van der Waals surface area contributed by atoms with Crippen LogP contribution in [0.15, 0.2) is 18.3 Å². The summed E-state index contributed by atoms with van der Waals surface area (Å²) in [6.45, 7) is 2.97. The number of carbonyl (C=O) groups is 1. The molecule has 3 N–H and O–H groups in total. The maximum Gasteiger partial charge on any atom is 0.239 e. The third-order valence-electron chi connectivity index (χ3n) is 2.09. The van der Waals surface area contributed by atoms with Crippen LogP contribution in [-0.4, -0.2) is 31.0 Å². The number of nitrogen functional groups attached to an aromatic ring is 1. The van der Waals surface area contributed by atoms with Gasteiger partial charge in [0.15, 0.2) is 0 Å². The fourth-order valence-electron chi connectivity index (χ4n) is 1.21. The topological polar surface area (TPSA) is 71.2 Å². The number of hydrogen-bond donors (Lipinski definition) is 2. The van der Waals surface area contributed by atoms with Crippen LogP contribution in [0.25, 0.3) is 0 Å².